The summed E-state index contributed by atoms with van der Waals surface area (Å²) in [6.07, 6.45) is 3.10. The first kappa shape index (κ1) is 22.4. The topological polar surface area (TPSA) is 90.1 Å². The minimum atomic E-state index is -0.736. The average molecular weight is 488 g/mol. The third kappa shape index (κ3) is 5.26. The fourth-order valence-corrected chi connectivity index (χ4v) is 3.37. The van der Waals surface area contributed by atoms with Crippen LogP contribution in [-0.4, -0.2) is 22.1 Å². The van der Waals surface area contributed by atoms with Crippen LogP contribution >= 0.6 is 46.6 Å². The highest BCUT2D eigenvalue weighted by atomic mass is 35.5. The zero-order valence-corrected chi connectivity index (χ0v) is 18.5. The second-order valence-corrected chi connectivity index (χ2v) is 7.93. The number of amides is 1. The molecule has 0 aliphatic carbocycles. The molecule has 0 aliphatic heterocycles. The molecule has 2 aromatic carbocycles. The number of nitrogens with two attached hydrogens (primary N) is 1. The molecule has 0 fully saturated rings. The number of nitrogen functional groups attached to an aromatic ring is 1. The monoisotopic (exact) mass is 486 g/mol. The Balaban J connectivity index is 1.80. The second-order valence-electron chi connectivity index (χ2n) is 5.91. The molecule has 3 aromatic rings. The quantitative estimate of drug-likeness (QED) is 0.267. The fourth-order valence-electron chi connectivity index (χ4n) is 2.43. The van der Waals surface area contributed by atoms with E-state index in [1.807, 2.05) is 0 Å². The molecule has 1 heterocycles. The van der Waals surface area contributed by atoms with Gasteiger partial charge in [-0.1, -0.05) is 52.6 Å². The SMILES string of the molecule is CSc1ncc(Cl)c(C(=O)NCc2ccc(Cl)c(Oc3cc(N)cc(Cl)c3)c2F)n1. The number of thioether (sulfide) groups is 1. The van der Waals surface area contributed by atoms with Crippen LogP contribution in [0.15, 0.2) is 41.7 Å². The van der Waals surface area contributed by atoms with E-state index in [-0.39, 0.29) is 39.3 Å². The Labute approximate surface area is 190 Å². The lowest BCUT2D eigenvalue weighted by Gasteiger charge is -2.13. The van der Waals surface area contributed by atoms with Gasteiger partial charge in [0.15, 0.2) is 22.4 Å². The zero-order valence-electron chi connectivity index (χ0n) is 15.4. The van der Waals surface area contributed by atoms with Crippen molar-refractivity contribution in [3.05, 3.63) is 68.7 Å². The Morgan fingerprint density at radius 3 is 2.70 bits per heavy atom. The van der Waals surface area contributed by atoms with Crippen molar-refractivity contribution in [1.82, 2.24) is 15.3 Å². The van der Waals surface area contributed by atoms with Gasteiger partial charge >= 0.3 is 0 Å². The molecule has 0 saturated heterocycles. The van der Waals surface area contributed by atoms with E-state index >= 15 is 0 Å². The number of halogens is 4. The first-order valence-corrected chi connectivity index (χ1v) is 10.7. The highest BCUT2D eigenvalue weighted by Gasteiger charge is 2.18. The lowest BCUT2D eigenvalue weighted by Crippen LogP contribution is -2.25. The molecule has 0 bridgehead atoms. The number of benzene rings is 2. The van der Waals surface area contributed by atoms with E-state index in [2.05, 4.69) is 15.3 Å². The van der Waals surface area contributed by atoms with Gasteiger partial charge in [0, 0.05) is 28.9 Å². The fraction of sp³-hybridized carbons (Fsp3) is 0.105. The van der Waals surface area contributed by atoms with E-state index in [9.17, 15) is 9.18 Å². The van der Waals surface area contributed by atoms with Gasteiger partial charge in [0.25, 0.3) is 5.91 Å². The maximum absolute atomic E-state index is 15.0. The van der Waals surface area contributed by atoms with Crippen molar-refractivity contribution in [2.75, 3.05) is 12.0 Å². The number of aromatic nitrogens is 2. The number of rotatable bonds is 6. The predicted octanol–water partition coefficient (Wildman–Crippen LogP) is 5.60. The van der Waals surface area contributed by atoms with Crippen molar-refractivity contribution in [3.63, 3.8) is 0 Å². The summed E-state index contributed by atoms with van der Waals surface area (Å²) in [6.45, 7) is -0.148. The smallest absolute Gasteiger partial charge is 0.271 e. The number of anilines is 1. The van der Waals surface area contributed by atoms with E-state index < -0.39 is 11.7 Å². The molecule has 3 rings (SSSR count). The van der Waals surface area contributed by atoms with Crippen LogP contribution in [0, 0.1) is 5.82 Å². The van der Waals surface area contributed by atoms with Gasteiger partial charge in [-0.05, 0) is 24.5 Å². The van der Waals surface area contributed by atoms with Crippen LogP contribution in [0.25, 0.3) is 0 Å². The number of hydrogen-bond donors (Lipinski definition) is 2. The summed E-state index contributed by atoms with van der Waals surface area (Å²) in [5, 5.41) is 3.43. The summed E-state index contributed by atoms with van der Waals surface area (Å²) >= 11 is 19.3. The molecule has 1 aromatic heterocycles. The van der Waals surface area contributed by atoms with Gasteiger partial charge < -0.3 is 15.8 Å². The standard InChI is InChI=1S/C19H14Cl3FN4O2S/c1-30-19-26-8-14(22)16(27-19)18(28)25-7-9-2-3-13(21)17(15(9)23)29-12-5-10(20)4-11(24)6-12/h2-6,8H,7,24H2,1H3,(H,25,28). The molecule has 1 amide bonds. The Bertz CT molecular complexity index is 1100. The van der Waals surface area contributed by atoms with E-state index in [4.69, 9.17) is 45.3 Å². The van der Waals surface area contributed by atoms with E-state index in [0.29, 0.717) is 15.9 Å². The molecule has 30 heavy (non-hydrogen) atoms. The van der Waals surface area contributed by atoms with Crippen molar-refractivity contribution in [2.24, 2.45) is 0 Å². The Hall–Kier alpha value is -2.26. The van der Waals surface area contributed by atoms with Crippen molar-refractivity contribution < 1.29 is 13.9 Å². The number of ether oxygens (including phenoxy) is 1. The van der Waals surface area contributed by atoms with Gasteiger partial charge in [0.2, 0.25) is 0 Å². The summed E-state index contributed by atoms with van der Waals surface area (Å²) in [6, 6.07) is 7.38. The normalized spacial score (nSPS) is 10.7. The van der Waals surface area contributed by atoms with Crippen LogP contribution in [0.3, 0.4) is 0 Å². The maximum Gasteiger partial charge on any atom is 0.271 e. The van der Waals surface area contributed by atoms with Gasteiger partial charge in [-0.25, -0.2) is 14.4 Å². The third-order valence-corrected chi connectivity index (χ3v) is 5.16. The summed E-state index contributed by atoms with van der Waals surface area (Å²) in [5.41, 5.74) is 6.22. The molecular weight excluding hydrogens is 474 g/mol. The summed E-state index contributed by atoms with van der Waals surface area (Å²) in [5.74, 6) is -1.30. The van der Waals surface area contributed by atoms with Gasteiger partial charge in [-0.3, -0.25) is 4.79 Å². The van der Waals surface area contributed by atoms with Crippen molar-refractivity contribution in [1.29, 1.82) is 0 Å². The van der Waals surface area contributed by atoms with Gasteiger partial charge in [0.1, 0.15) is 5.75 Å². The third-order valence-electron chi connectivity index (χ3n) is 3.80. The first-order valence-electron chi connectivity index (χ1n) is 8.34. The first-order chi connectivity index (χ1) is 14.3. The van der Waals surface area contributed by atoms with Crippen LogP contribution in [0.4, 0.5) is 10.1 Å². The molecule has 3 N–H and O–H groups in total. The molecule has 6 nitrogen and oxygen atoms in total. The molecule has 0 aliphatic rings. The molecule has 0 spiro atoms. The van der Waals surface area contributed by atoms with Crippen molar-refractivity contribution >= 4 is 58.2 Å². The molecule has 156 valence electrons. The van der Waals surface area contributed by atoms with Gasteiger partial charge in [-0.15, -0.1) is 0 Å². The van der Waals surface area contributed by atoms with Gasteiger partial charge in [-0.2, -0.15) is 0 Å². The molecule has 11 heteroatoms. The molecule has 0 radical (unpaired) electrons. The Kier molecular flexibility index (Phi) is 7.25. The van der Waals surface area contributed by atoms with E-state index in [0.717, 1.165) is 0 Å². The molecular formula is C19H14Cl3FN4O2S. The lowest BCUT2D eigenvalue weighted by atomic mass is 10.2. The largest absolute Gasteiger partial charge is 0.453 e. The minimum absolute atomic E-state index is 0.00346. The van der Waals surface area contributed by atoms with Crippen LogP contribution < -0.4 is 15.8 Å². The highest BCUT2D eigenvalue weighted by Crippen LogP contribution is 2.35. The molecule has 0 saturated carbocycles. The predicted molar refractivity (Wildman–Crippen MR) is 117 cm³/mol. The molecule has 0 atom stereocenters. The lowest BCUT2D eigenvalue weighted by molar-refractivity contribution is 0.0944. The van der Waals surface area contributed by atoms with E-state index in [1.54, 1.807) is 6.26 Å². The summed E-state index contributed by atoms with van der Waals surface area (Å²) in [7, 11) is 0. The number of nitrogens with zero attached hydrogens (tertiary/aromatic N) is 2. The van der Waals surface area contributed by atoms with E-state index in [1.165, 1.54) is 48.3 Å². The number of nitrogens with one attached hydrogen (secondary N) is 1. The van der Waals surface area contributed by atoms with Crippen LogP contribution in [0.2, 0.25) is 15.1 Å². The van der Waals surface area contributed by atoms with Crippen LogP contribution in [0.1, 0.15) is 16.1 Å². The Morgan fingerprint density at radius 1 is 1.23 bits per heavy atom. The number of carbonyl (C=O) groups is 1. The van der Waals surface area contributed by atoms with Crippen LogP contribution in [-0.2, 0) is 6.54 Å². The maximum atomic E-state index is 15.0. The van der Waals surface area contributed by atoms with Gasteiger partial charge in [0.05, 0.1) is 16.2 Å². The minimum Gasteiger partial charge on any atom is -0.453 e. The van der Waals surface area contributed by atoms with Crippen molar-refractivity contribution in [2.45, 2.75) is 11.7 Å². The average Bonchev–Trinajstić information content (AvgIpc) is 2.70. The van der Waals surface area contributed by atoms with Crippen molar-refractivity contribution in [3.8, 4) is 11.5 Å². The second kappa shape index (κ2) is 9.70. The zero-order chi connectivity index (χ0) is 21.8. The Morgan fingerprint density at radius 2 is 2.00 bits per heavy atom. The number of carbonyl (C=O) groups excluding carboxylic acids is 1. The summed E-state index contributed by atoms with van der Waals surface area (Å²) < 4.78 is 20.5. The van der Waals surface area contributed by atoms with Crippen LogP contribution in [0.5, 0.6) is 11.5 Å². The molecule has 0 unspecified atom stereocenters. The highest BCUT2D eigenvalue weighted by molar-refractivity contribution is 7.98. The summed E-state index contributed by atoms with van der Waals surface area (Å²) in [4.78, 5) is 20.5. The number of hydrogen-bond acceptors (Lipinski definition) is 6.